The van der Waals surface area contributed by atoms with Crippen molar-refractivity contribution < 1.29 is 5.11 Å². The van der Waals surface area contributed by atoms with Crippen LogP contribution in [-0.2, 0) is 0 Å². The number of aliphatic hydroxyl groups is 1. The van der Waals surface area contributed by atoms with Gasteiger partial charge < -0.3 is 10.8 Å². The number of hydrogen-bond donors (Lipinski definition) is 2. The lowest BCUT2D eigenvalue weighted by molar-refractivity contribution is -0.194. The summed E-state index contributed by atoms with van der Waals surface area (Å²) in [5.41, 5.74) is 5.58. The normalized spacial score (nSPS) is 41.3. The minimum absolute atomic E-state index is 0.0383. The third-order valence-corrected chi connectivity index (χ3v) is 5.67. The molecule has 0 amide bonds. The molecule has 0 saturated heterocycles. The zero-order valence-electron chi connectivity index (χ0n) is 11.7. The van der Waals surface area contributed by atoms with Crippen LogP contribution in [0.2, 0.25) is 0 Å². The second-order valence-corrected chi connectivity index (χ2v) is 7.00. The van der Waals surface area contributed by atoms with E-state index in [-0.39, 0.29) is 5.41 Å². The van der Waals surface area contributed by atoms with Gasteiger partial charge in [-0.1, -0.05) is 33.6 Å². The number of nitrogens with two attached hydrogens (primary N) is 1. The van der Waals surface area contributed by atoms with Gasteiger partial charge in [-0.3, -0.25) is 0 Å². The molecule has 0 aromatic rings. The molecule has 0 heterocycles. The maximum absolute atomic E-state index is 11.4. The van der Waals surface area contributed by atoms with Crippen molar-refractivity contribution in [3.63, 3.8) is 0 Å². The zero-order valence-corrected chi connectivity index (χ0v) is 11.7. The van der Waals surface area contributed by atoms with E-state index in [1.54, 1.807) is 0 Å². The van der Waals surface area contributed by atoms with E-state index in [1.165, 1.54) is 19.3 Å². The highest BCUT2D eigenvalue weighted by Gasteiger charge is 2.58. The van der Waals surface area contributed by atoms with Gasteiger partial charge >= 0.3 is 0 Å². The van der Waals surface area contributed by atoms with E-state index in [0.29, 0.717) is 24.3 Å². The van der Waals surface area contributed by atoms with Crippen LogP contribution in [0.3, 0.4) is 0 Å². The third kappa shape index (κ3) is 1.94. The Labute approximate surface area is 106 Å². The Morgan fingerprint density at radius 2 is 1.94 bits per heavy atom. The zero-order chi connectivity index (χ0) is 12.7. The lowest BCUT2D eigenvalue weighted by Gasteiger charge is -2.59. The lowest BCUT2D eigenvalue weighted by Crippen LogP contribution is -2.63. The van der Waals surface area contributed by atoms with E-state index in [2.05, 4.69) is 20.8 Å². The molecule has 3 N–H and O–H groups in total. The van der Waals surface area contributed by atoms with Gasteiger partial charge in [0.2, 0.25) is 0 Å². The van der Waals surface area contributed by atoms with Gasteiger partial charge in [0.05, 0.1) is 5.60 Å². The van der Waals surface area contributed by atoms with Gasteiger partial charge in [0.25, 0.3) is 0 Å². The first-order chi connectivity index (χ1) is 7.95. The van der Waals surface area contributed by atoms with E-state index >= 15 is 0 Å². The van der Waals surface area contributed by atoms with Crippen molar-refractivity contribution >= 4 is 0 Å². The van der Waals surface area contributed by atoms with Crippen molar-refractivity contribution in [3.8, 4) is 0 Å². The highest BCUT2D eigenvalue weighted by atomic mass is 16.3. The summed E-state index contributed by atoms with van der Waals surface area (Å²) < 4.78 is 0. The van der Waals surface area contributed by atoms with Gasteiger partial charge in [0, 0.05) is 12.0 Å². The fraction of sp³-hybridized carbons (Fsp3) is 1.00. The van der Waals surface area contributed by atoms with E-state index in [0.717, 1.165) is 19.3 Å². The van der Waals surface area contributed by atoms with Crippen molar-refractivity contribution in [3.05, 3.63) is 0 Å². The quantitative estimate of drug-likeness (QED) is 0.795. The first-order valence-corrected chi connectivity index (χ1v) is 7.37. The standard InChI is InChI=1S/C15H29NO/c1-11(2)13-6-5-12(3)9-15(13,17)14(10-16)7-4-8-14/h11-13,17H,4-10,16H2,1-3H3. The summed E-state index contributed by atoms with van der Waals surface area (Å²) in [4.78, 5) is 0. The number of rotatable bonds is 3. The molecule has 2 aliphatic carbocycles. The van der Waals surface area contributed by atoms with Crippen molar-refractivity contribution in [1.29, 1.82) is 0 Å². The smallest absolute Gasteiger partial charge is 0.0748 e. The molecule has 3 atom stereocenters. The summed E-state index contributed by atoms with van der Waals surface area (Å²) in [7, 11) is 0. The Morgan fingerprint density at radius 3 is 2.35 bits per heavy atom. The molecule has 100 valence electrons. The predicted octanol–water partition coefficient (Wildman–Crippen LogP) is 2.94. The molecular formula is C15H29NO. The first-order valence-electron chi connectivity index (χ1n) is 7.37. The van der Waals surface area contributed by atoms with E-state index in [1.807, 2.05) is 0 Å². The summed E-state index contributed by atoms with van der Waals surface area (Å²) in [6, 6.07) is 0. The Bertz CT molecular complexity index is 267. The summed E-state index contributed by atoms with van der Waals surface area (Å²) in [5, 5.41) is 11.4. The second kappa shape index (κ2) is 4.55. The Balaban J connectivity index is 2.28. The molecular weight excluding hydrogens is 210 g/mol. The van der Waals surface area contributed by atoms with Gasteiger partial charge in [-0.2, -0.15) is 0 Å². The average molecular weight is 239 g/mol. The summed E-state index contributed by atoms with van der Waals surface area (Å²) in [6.07, 6.45) is 6.93. The molecule has 2 fully saturated rings. The van der Waals surface area contributed by atoms with Gasteiger partial charge in [-0.25, -0.2) is 0 Å². The van der Waals surface area contributed by atoms with Gasteiger partial charge in [-0.15, -0.1) is 0 Å². The monoisotopic (exact) mass is 239 g/mol. The fourth-order valence-corrected chi connectivity index (χ4v) is 4.40. The van der Waals surface area contributed by atoms with Crippen LogP contribution in [0.25, 0.3) is 0 Å². The van der Waals surface area contributed by atoms with Crippen LogP contribution in [-0.4, -0.2) is 17.3 Å². The molecule has 0 aromatic heterocycles. The molecule has 2 rings (SSSR count). The Kier molecular flexibility index (Phi) is 3.57. The van der Waals surface area contributed by atoms with Crippen LogP contribution in [0.5, 0.6) is 0 Å². The van der Waals surface area contributed by atoms with Crippen LogP contribution in [0.4, 0.5) is 0 Å². The predicted molar refractivity (Wildman–Crippen MR) is 71.6 cm³/mol. The van der Waals surface area contributed by atoms with E-state index in [4.69, 9.17) is 5.73 Å². The molecule has 0 radical (unpaired) electrons. The highest BCUT2D eigenvalue weighted by molar-refractivity contribution is 5.09. The van der Waals surface area contributed by atoms with Crippen LogP contribution < -0.4 is 5.73 Å². The molecule has 2 nitrogen and oxygen atoms in total. The van der Waals surface area contributed by atoms with Crippen molar-refractivity contribution in [2.24, 2.45) is 28.9 Å². The van der Waals surface area contributed by atoms with Gasteiger partial charge in [0.1, 0.15) is 0 Å². The van der Waals surface area contributed by atoms with Crippen molar-refractivity contribution in [2.75, 3.05) is 6.54 Å². The molecule has 0 aliphatic heterocycles. The highest BCUT2D eigenvalue weighted by Crippen LogP contribution is 2.58. The maximum Gasteiger partial charge on any atom is 0.0748 e. The average Bonchev–Trinajstić information content (AvgIpc) is 2.15. The lowest BCUT2D eigenvalue weighted by atomic mass is 9.49. The molecule has 17 heavy (non-hydrogen) atoms. The van der Waals surface area contributed by atoms with Crippen LogP contribution in [0, 0.1) is 23.2 Å². The van der Waals surface area contributed by atoms with Crippen LogP contribution in [0.15, 0.2) is 0 Å². The fourth-order valence-electron chi connectivity index (χ4n) is 4.40. The van der Waals surface area contributed by atoms with Crippen molar-refractivity contribution in [2.45, 2.75) is 64.9 Å². The molecule has 0 spiro atoms. The van der Waals surface area contributed by atoms with Gasteiger partial charge in [0.15, 0.2) is 0 Å². The molecule has 0 bridgehead atoms. The molecule has 2 heteroatoms. The maximum atomic E-state index is 11.4. The van der Waals surface area contributed by atoms with E-state index in [9.17, 15) is 5.11 Å². The second-order valence-electron chi connectivity index (χ2n) is 7.00. The van der Waals surface area contributed by atoms with Crippen LogP contribution >= 0.6 is 0 Å². The number of hydrogen-bond acceptors (Lipinski definition) is 2. The molecule has 0 aromatic carbocycles. The Morgan fingerprint density at radius 1 is 1.29 bits per heavy atom. The SMILES string of the molecule is CC1CCC(C(C)C)C(O)(C2(CN)CCC2)C1. The largest absolute Gasteiger partial charge is 0.389 e. The first kappa shape index (κ1) is 13.4. The molecule has 3 unspecified atom stereocenters. The summed E-state index contributed by atoms with van der Waals surface area (Å²) in [5.74, 6) is 1.66. The topological polar surface area (TPSA) is 46.2 Å². The van der Waals surface area contributed by atoms with Crippen molar-refractivity contribution in [1.82, 2.24) is 0 Å². The van der Waals surface area contributed by atoms with E-state index < -0.39 is 5.60 Å². The molecule has 2 aliphatic rings. The van der Waals surface area contributed by atoms with Gasteiger partial charge in [-0.05, 0) is 43.4 Å². The summed E-state index contributed by atoms with van der Waals surface area (Å²) in [6.45, 7) is 7.47. The third-order valence-electron chi connectivity index (χ3n) is 5.67. The minimum Gasteiger partial charge on any atom is -0.389 e. The van der Waals surface area contributed by atoms with Crippen LogP contribution in [0.1, 0.15) is 59.3 Å². The summed E-state index contributed by atoms with van der Waals surface area (Å²) >= 11 is 0. The minimum atomic E-state index is -0.494. The Hall–Kier alpha value is -0.0800. The molecule has 2 saturated carbocycles.